The molecule has 3 aromatic rings. The van der Waals surface area contributed by atoms with Gasteiger partial charge in [-0.1, -0.05) is 6.07 Å². The van der Waals surface area contributed by atoms with Gasteiger partial charge in [0.05, 0.1) is 31.1 Å². The molecule has 0 aliphatic carbocycles. The van der Waals surface area contributed by atoms with E-state index in [0.29, 0.717) is 25.4 Å². The van der Waals surface area contributed by atoms with Gasteiger partial charge in [-0.2, -0.15) is 0 Å². The summed E-state index contributed by atoms with van der Waals surface area (Å²) >= 11 is 0. The van der Waals surface area contributed by atoms with Gasteiger partial charge >= 0.3 is 0 Å². The third-order valence-corrected chi connectivity index (χ3v) is 6.31. The van der Waals surface area contributed by atoms with Crippen LogP contribution in [0, 0.1) is 5.82 Å². The molecule has 1 aliphatic rings. The highest BCUT2D eigenvalue weighted by Crippen LogP contribution is 2.32. The van der Waals surface area contributed by atoms with Gasteiger partial charge in [0, 0.05) is 44.2 Å². The van der Waals surface area contributed by atoms with Gasteiger partial charge in [0.25, 0.3) is 5.91 Å². The summed E-state index contributed by atoms with van der Waals surface area (Å²) in [6, 6.07) is 5.47. The molecule has 9 heteroatoms. The molecule has 186 valence electrons. The van der Waals surface area contributed by atoms with Crippen molar-refractivity contribution in [2.24, 2.45) is 0 Å². The summed E-state index contributed by atoms with van der Waals surface area (Å²) in [6.45, 7) is 6.01. The molecule has 4 rings (SSSR count). The third kappa shape index (κ3) is 5.14. The van der Waals surface area contributed by atoms with Crippen LogP contribution in [0.25, 0.3) is 0 Å². The SMILES string of the molecule is CCOc1cc([C@H](C)N2CCc3c(CN(C)C)cc(Cn4ccnc4NC)cc3C2=O)ncc1F. The summed E-state index contributed by atoms with van der Waals surface area (Å²) < 4.78 is 21.5. The fourth-order valence-electron chi connectivity index (χ4n) is 4.67. The van der Waals surface area contributed by atoms with Gasteiger partial charge in [0.15, 0.2) is 11.6 Å². The van der Waals surface area contributed by atoms with E-state index in [0.717, 1.165) is 47.4 Å². The number of nitrogens with zero attached hydrogens (tertiary/aromatic N) is 5. The molecule has 1 aromatic carbocycles. The fourth-order valence-corrected chi connectivity index (χ4v) is 4.67. The van der Waals surface area contributed by atoms with Crippen molar-refractivity contribution in [2.45, 2.75) is 39.4 Å². The zero-order valence-corrected chi connectivity index (χ0v) is 21.0. The highest BCUT2D eigenvalue weighted by molar-refractivity contribution is 5.97. The Bertz CT molecular complexity index is 1210. The number of fused-ring (bicyclic) bond motifs is 1. The third-order valence-electron chi connectivity index (χ3n) is 6.31. The largest absolute Gasteiger partial charge is 0.491 e. The quantitative estimate of drug-likeness (QED) is 0.503. The molecule has 0 unspecified atom stereocenters. The summed E-state index contributed by atoms with van der Waals surface area (Å²) in [5.41, 5.74) is 4.62. The smallest absolute Gasteiger partial charge is 0.254 e. The van der Waals surface area contributed by atoms with Crippen LogP contribution in [0.15, 0.2) is 36.8 Å². The molecule has 0 bridgehead atoms. The van der Waals surface area contributed by atoms with E-state index in [-0.39, 0.29) is 17.7 Å². The number of pyridine rings is 1. The van der Waals surface area contributed by atoms with Gasteiger partial charge in [0.2, 0.25) is 5.95 Å². The Kier molecular flexibility index (Phi) is 7.35. The molecule has 35 heavy (non-hydrogen) atoms. The van der Waals surface area contributed by atoms with E-state index in [1.807, 2.05) is 49.8 Å². The Morgan fingerprint density at radius 2 is 2.06 bits per heavy atom. The van der Waals surface area contributed by atoms with Crippen molar-refractivity contribution >= 4 is 11.9 Å². The topological polar surface area (TPSA) is 75.5 Å². The Hall–Kier alpha value is -3.46. The molecular formula is C26H33FN6O2. The molecule has 1 aliphatic heterocycles. The van der Waals surface area contributed by atoms with Crippen LogP contribution < -0.4 is 10.1 Å². The minimum Gasteiger partial charge on any atom is -0.491 e. The van der Waals surface area contributed by atoms with Crippen molar-refractivity contribution < 1.29 is 13.9 Å². The molecular weight excluding hydrogens is 447 g/mol. The zero-order valence-electron chi connectivity index (χ0n) is 21.0. The number of hydrogen-bond acceptors (Lipinski definition) is 6. The maximum absolute atomic E-state index is 14.1. The summed E-state index contributed by atoms with van der Waals surface area (Å²) in [4.78, 5) is 26.3. The molecule has 0 saturated heterocycles. The molecule has 1 N–H and O–H groups in total. The lowest BCUT2D eigenvalue weighted by Gasteiger charge is -2.35. The van der Waals surface area contributed by atoms with E-state index in [1.54, 1.807) is 19.2 Å². The maximum atomic E-state index is 14.1. The fraction of sp³-hybridized carbons (Fsp3) is 0.423. The molecule has 1 amide bonds. The van der Waals surface area contributed by atoms with Crippen LogP contribution >= 0.6 is 0 Å². The van der Waals surface area contributed by atoms with E-state index < -0.39 is 5.82 Å². The number of imidazole rings is 1. The standard InChI is InChI=1S/C26H33FN6O2/c1-6-35-24-13-23(30-14-22(24)27)17(2)33-9-7-20-19(16-31(4)5)11-18(12-21(20)25(33)34)15-32-10-8-29-26(32)28-3/h8,10-14,17H,6-7,9,15-16H2,1-5H3,(H,28,29)/t17-/m0/s1. The van der Waals surface area contributed by atoms with Crippen LogP contribution in [0.3, 0.4) is 0 Å². The second-order valence-corrected chi connectivity index (χ2v) is 9.04. The first-order valence-corrected chi connectivity index (χ1v) is 11.9. The number of benzene rings is 1. The van der Waals surface area contributed by atoms with E-state index in [2.05, 4.69) is 26.3 Å². The van der Waals surface area contributed by atoms with Crippen LogP contribution in [0.1, 0.15) is 52.6 Å². The summed E-state index contributed by atoms with van der Waals surface area (Å²) in [7, 11) is 5.90. The predicted molar refractivity (Wildman–Crippen MR) is 133 cm³/mol. The highest BCUT2D eigenvalue weighted by atomic mass is 19.1. The lowest BCUT2D eigenvalue weighted by Crippen LogP contribution is -2.40. The van der Waals surface area contributed by atoms with Crippen LogP contribution in [0.5, 0.6) is 5.75 Å². The van der Waals surface area contributed by atoms with Gasteiger partial charge < -0.3 is 24.4 Å². The zero-order chi connectivity index (χ0) is 25.1. The van der Waals surface area contributed by atoms with Crippen molar-refractivity contribution in [1.29, 1.82) is 0 Å². The van der Waals surface area contributed by atoms with Crippen LogP contribution in [0.2, 0.25) is 0 Å². The Morgan fingerprint density at radius 1 is 1.26 bits per heavy atom. The van der Waals surface area contributed by atoms with Crippen LogP contribution in [0.4, 0.5) is 10.3 Å². The normalized spacial score (nSPS) is 14.3. The Morgan fingerprint density at radius 3 is 2.77 bits per heavy atom. The van der Waals surface area contributed by atoms with E-state index in [1.165, 1.54) is 0 Å². The monoisotopic (exact) mass is 480 g/mol. The number of halogens is 1. The van der Waals surface area contributed by atoms with Crippen molar-refractivity contribution in [3.05, 3.63) is 70.6 Å². The molecule has 0 fully saturated rings. The number of amides is 1. The number of hydrogen-bond donors (Lipinski definition) is 1. The number of ether oxygens (including phenoxy) is 1. The first kappa shape index (κ1) is 24.7. The number of carbonyl (C=O) groups is 1. The van der Waals surface area contributed by atoms with E-state index >= 15 is 0 Å². The summed E-state index contributed by atoms with van der Waals surface area (Å²) in [5.74, 6) is 0.386. The highest BCUT2D eigenvalue weighted by Gasteiger charge is 2.31. The number of carbonyl (C=O) groups excluding carboxylic acids is 1. The molecule has 2 aromatic heterocycles. The van der Waals surface area contributed by atoms with Gasteiger partial charge in [-0.15, -0.1) is 0 Å². The minimum atomic E-state index is -0.503. The first-order valence-electron chi connectivity index (χ1n) is 11.9. The molecule has 3 heterocycles. The molecule has 0 radical (unpaired) electrons. The van der Waals surface area contributed by atoms with Gasteiger partial charge in [-0.25, -0.2) is 9.37 Å². The summed E-state index contributed by atoms with van der Waals surface area (Å²) in [5, 5.41) is 3.10. The molecule has 0 saturated carbocycles. The second kappa shape index (κ2) is 10.4. The molecule has 8 nitrogen and oxygen atoms in total. The maximum Gasteiger partial charge on any atom is 0.254 e. The van der Waals surface area contributed by atoms with Crippen LogP contribution in [-0.2, 0) is 19.5 Å². The molecule has 0 spiro atoms. The van der Waals surface area contributed by atoms with Crippen LogP contribution in [-0.4, -0.2) is 64.5 Å². The summed E-state index contributed by atoms with van der Waals surface area (Å²) in [6.07, 6.45) is 5.59. The second-order valence-electron chi connectivity index (χ2n) is 9.04. The average Bonchev–Trinajstić information content (AvgIpc) is 3.27. The van der Waals surface area contributed by atoms with Crippen molar-refractivity contribution in [3.63, 3.8) is 0 Å². The number of anilines is 1. The number of rotatable bonds is 9. The van der Waals surface area contributed by atoms with Crippen molar-refractivity contribution in [3.8, 4) is 5.75 Å². The Balaban J connectivity index is 1.68. The number of aromatic nitrogens is 3. The number of nitrogens with one attached hydrogen (secondary N) is 1. The predicted octanol–water partition coefficient (Wildman–Crippen LogP) is 3.73. The lowest BCUT2D eigenvalue weighted by atomic mass is 9.90. The Labute approximate surface area is 205 Å². The van der Waals surface area contributed by atoms with E-state index in [9.17, 15) is 9.18 Å². The van der Waals surface area contributed by atoms with Gasteiger partial charge in [0.1, 0.15) is 0 Å². The van der Waals surface area contributed by atoms with Gasteiger partial charge in [-0.3, -0.25) is 9.78 Å². The lowest BCUT2D eigenvalue weighted by molar-refractivity contribution is 0.0667. The average molecular weight is 481 g/mol. The molecule has 1 atom stereocenters. The van der Waals surface area contributed by atoms with Crippen molar-refractivity contribution in [1.82, 2.24) is 24.3 Å². The minimum absolute atomic E-state index is 0.0378. The van der Waals surface area contributed by atoms with Crippen molar-refractivity contribution in [2.75, 3.05) is 39.6 Å². The van der Waals surface area contributed by atoms with E-state index in [4.69, 9.17) is 4.74 Å². The van der Waals surface area contributed by atoms with Gasteiger partial charge in [-0.05, 0) is 57.1 Å². The first-order chi connectivity index (χ1) is 16.8.